The predicted octanol–water partition coefficient (Wildman–Crippen LogP) is 3.39. The van der Waals surface area contributed by atoms with Crippen LogP contribution >= 0.6 is 0 Å². The van der Waals surface area contributed by atoms with Crippen LogP contribution in [0.3, 0.4) is 0 Å². The number of hydrogen-bond acceptors (Lipinski definition) is 5. The Labute approximate surface area is 188 Å². The third kappa shape index (κ3) is 4.13. The van der Waals surface area contributed by atoms with E-state index in [2.05, 4.69) is 35.8 Å². The number of fused-ring (bicyclic) bond motifs is 1. The summed E-state index contributed by atoms with van der Waals surface area (Å²) in [6.45, 7) is 7.72. The Hall–Kier alpha value is -3.16. The maximum atomic E-state index is 13.3. The van der Waals surface area contributed by atoms with Gasteiger partial charge in [0, 0.05) is 55.8 Å². The number of amides is 2. The first-order valence-corrected chi connectivity index (χ1v) is 11.1. The minimum Gasteiger partial charge on any atom is -0.348 e. The molecule has 1 aliphatic heterocycles. The van der Waals surface area contributed by atoms with Crippen LogP contribution in [0.4, 0.5) is 0 Å². The van der Waals surface area contributed by atoms with Crippen LogP contribution in [0.15, 0.2) is 22.8 Å². The second kappa shape index (κ2) is 8.76. The van der Waals surface area contributed by atoms with E-state index in [1.165, 1.54) is 11.3 Å². The van der Waals surface area contributed by atoms with Crippen molar-refractivity contribution in [2.24, 2.45) is 13.0 Å². The Morgan fingerprint density at radius 1 is 1.22 bits per heavy atom. The number of nitrogens with zero attached hydrogens (tertiary/aromatic N) is 5. The molecule has 170 valence electrons. The Balaban J connectivity index is 1.41. The van der Waals surface area contributed by atoms with E-state index in [-0.39, 0.29) is 17.7 Å². The summed E-state index contributed by atoms with van der Waals surface area (Å²) in [6, 6.07) is 5.96. The molecule has 3 aromatic rings. The van der Waals surface area contributed by atoms with E-state index in [0.29, 0.717) is 36.5 Å². The summed E-state index contributed by atoms with van der Waals surface area (Å²) in [5.41, 5.74) is 5.63. The lowest BCUT2D eigenvalue weighted by Crippen LogP contribution is -2.41. The molecule has 0 N–H and O–H groups in total. The summed E-state index contributed by atoms with van der Waals surface area (Å²) in [5.74, 6) is 0.245. The fraction of sp³-hybridized carbons (Fsp3) is 0.500. The third-order valence-electron chi connectivity index (χ3n) is 6.88. The zero-order valence-electron chi connectivity index (χ0n) is 19.5. The van der Waals surface area contributed by atoms with Gasteiger partial charge in [-0.15, -0.1) is 0 Å². The van der Waals surface area contributed by atoms with Gasteiger partial charge in [-0.2, -0.15) is 0 Å². The molecule has 0 unspecified atom stereocenters. The van der Waals surface area contributed by atoms with Gasteiger partial charge in [-0.1, -0.05) is 10.3 Å². The molecule has 3 heterocycles. The Bertz CT molecular complexity index is 1160. The molecule has 4 rings (SSSR count). The standard InChI is InChI=1S/C24H31N5O3/c1-15-17(3)28(5)22-9-8-19(12-20(15)22)24(31)29-10-6-7-18(13-29)11-23(30)27(4)14-21-16(2)25-32-26-21/h8-9,12,18H,6-7,10-11,13-14H2,1-5H3/t18-/m1/s1. The predicted molar refractivity (Wildman–Crippen MR) is 121 cm³/mol. The van der Waals surface area contributed by atoms with E-state index >= 15 is 0 Å². The SMILES string of the molecule is Cc1nonc1CN(C)C(=O)C[C@H]1CCCN(C(=O)c2ccc3c(c2)c(C)c(C)n3C)C1. The largest absolute Gasteiger partial charge is 0.348 e. The topological polar surface area (TPSA) is 84.5 Å². The molecule has 0 spiro atoms. The van der Waals surface area contributed by atoms with Gasteiger partial charge < -0.3 is 14.4 Å². The number of aromatic nitrogens is 3. The molecule has 2 aromatic heterocycles. The molecule has 2 amide bonds. The molecule has 1 atom stereocenters. The highest BCUT2D eigenvalue weighted by Gasteiger charge is 2.27. The van der Waals surface area contributed by atoms with Crippen molar-refractivity contribution in [3.8, 4) is 0 Å². The van der Waals surface area contributed by atoms with Crippen molar-refractivity contribution in [1.82, 2.24) is 24.7 Å². The monoisotopic (exact) mass is 437 g/mol. The lowest BCUT2D eigenvalue weighted by Gasteiger charge is -2.33. The number of benzene rings is 1. The molecule has 8 heteroatoms. The highest BCUT2D eigenvalue weighted by molar-refractivity contribution is 5.99. The number of rotatable bonds is 5. The van der Waals surface area contributed by atoms with E-state index in [0.717, 1.165) is 30.3 Å². The molecular formula is C24H31N5O3. The van der Waals surface area contributed by atoms with E-state index in [1.807, 2.05) is 30.0 Å². The van der Waals surface area contributed by atoms with E-state index in [9.17, 15) is 9.59 Å². The van der Waals surface area contributed by atoms with Gasteiger partial charge >= 0.3 is 0 Å². The van der Waals surface area contributed by atoms with Gasteiger partial charge in [-0.3, -0.25) is 9.59 Å². The maximum Gasteiger partial charge on any atom is 0.253 e. The van der Waals surface area contributed by atoms with Crippen LogP contribution in [0.5, 0.6) is 0 Å². The molecule has 1 aromatic carbocycles. The average molecular weight is 438 g/mol. The van der Waals surface area contributed by atoms with Crippen molar-refractivity contribution in [2.75, 3.05) is 20.1 Å². The minimum atomic E-state index is 0.0441. The summed E-state index contributed by atoms with van der Waals surface area (Å²) >= 11 is 0. The van der Waals surface area contributed by atoms with E-state index < -0.39 is 0 Å². The van der Waals surface area contributed by atoms with Gasteiger partial charge in [-0.25, -0.2) is 4.63 Å². The van der Waals surface area contributed by atoms with Crippen molar-refractivity contribution < 1.29 is 14.2 Å². The van der Waals surface area contributed by atoms with Crippen molar-refractivity contribution in [2.45, 2.75) is 46.6 Å². The van der Waals surface area contributed by atoms with Gasteiger partial charge in [-0.05, 0) is 63.3 Å². The van der Waals surface area contributed by atoms with Gasteiger partial charge in [0.25, 0.3) is 5.91 Å². The lowest BCUT2D eigenvalue weighted by atomic mass is 9.93. The van der Waals surface area contributed by atoms with E-state index in [4.69, 9.17) is 4.63 Å². The van der Waals surface area contributed by atoms with Crippen LogP contribution in [0.1, 0.15) is 52.3 Å². The van der Waals surface area contributed by atoms with Crippen molar-refractivity contribution in [1.29, 1.82) is 0 Å². The zero-order chi connectivity index (χ0) is 23.0. The highest BCUT2D eigenvalue weighted by Crippen LogP contribution is 2.27. The maximum absolute atomic E-state index is 13.3. The average Bonchev–Trinajstić information content (AvgIpc) is 3.29. The van der Waals surface area contributed by atoms with Crippen LogP contribution in [0.25, 0.3) is 10.9 Å². The smallest absolute Gasteiger partial charge is 0.253 e. The van der Waals surface area contributed by atoms with Crippen LogP contribution in [0.2, 0.25) is 0 Å². The lowest BCUT2D eigenvalue weighted by molar-refractivity contribution is -0.131. The molecule has 1 fully saturated rings. The Morgan fingerprint density at radius 3 is 2.72 bits per heavy atom. The summed E-state index contributed by atoms with van der Waals surface area (Å²) in [7, 11) is 3.82. The third-order valence-corrected chi connectivity index (χ3v) is 6.88. The first kappa shape index (κ1) is 22.0. The molecule has 0 radical (unpaired) electrons. The second-order valence-electron chi connectivity index (χ2n) is 9.01. The number of aryl methyl sites for hydroxylation is 3. The molecule has 0 aliphatic carbocycles. The minimum absolute atomic E-state index is 0.0441. The normalized spacial score (nSPS) is 16.5. The van der Waals surface area contributed by atoms with Gasteiger partial charge in [0.05, 0.1) is 6.54 Å². The van der Waals surface area contributed by atoms with Gasteiger partial charge in [0.15, 0.2) is 0 Å². The zero-order valence-corrected chi connectivity index (χ0v) is 19.5. The summed E-state index contributed by atoms with van der Waals surface area (Å²) in [4.78, 5) is 29.6. The summed E-state index contributed by atoms with van der Waals surface area (Å²) < 4.78 is 6.88. The second-order valence-corrected chi connectivity index (χ2v) is 9.01. The van der Waals surface area contributed by atoms with Gasteiger partial charge in [0.2, 0.25) is 5.91 Å². The number of hydrogen-bond donors (Lipinski definition) is 0. The molecule has 32 heavy (non-hydrogen) atoms. The first-order chi connectivity index (χ1) is 15.3. The fourth-order valence-corrected chi connectivity index (χ4v) is 4.60. The van der Waals surface area contributed by atoms with Crippen molar-refractivity contribution >= 4 is 22.7 Å². The highest BCUT2D eigenvalue weighted by atomic mass is 16.6. The van der Waals surface area contributed by atoms with Gasteiger partial charge in [0.1, 0.15) is 11.4 Å². The quantitative estimate of drug-likeness (QED) is 0.611. The van der Waals surface area contributed by atoms with Crippen LogP contribution in [-0.4, -0.2) is 56.6 Å². The molecule has 0 bridgehead atoms. The van der Waals surface area contributed by atoms with E-state index in [1.54, 1.807) is 11.9 Å². The van der Waals surface area contributed by atoms with Crippen LogP contribution < -0.4 is 0 Å². The molecule has 0 saturated carbocycles. The molecule has 1 aliphatic rings. The Morgan fingerprint density at radius 2 is 2.00 bits per heavy atom. The van der Waals surface area contributed by atoms with Crippen LogP contribution in [0, 0.1) is 26.7 Å². The number of carbonyl (C=O) groups is 2. The fourth-order valence-electron chi connectivity index (χ4n) is 4.60. The van der Waals surface area contributed by atoms with Crippen molar-refractivity contribution in [3.05, 3.63) is 46.4 Å². The summed E-state index contributed by atoms with van der Waals surface area (Å²) in [5, 5.41) is 8.74. The number of piperidine rings is 1. The number of likely N-dealkylation sites (tertiary alicyclic amines) is 1. The summed E-state index contributed by atoms with van der Waals surface area (Å²) in [6.07, 6.45) is 2.27. The van der Waals surface area contributed by atoms with Crippen LogP contribution in [-0.2, 0) is 18.4 Å². The molecule has 8 nitrogen and oxygen atoms in total. The first-order valence-electron chi connectivity index (χ1n) is 11.1. The number of carbonyl (C=O) groups excluding carboxylic acids is 2. The molecule has 1 saturated heterocycles. The molecular weight excluding hydrogens is 406 g/mol. The Kier molecular flexibility index (Phi) is 6.04. The van der Waals surface area contributed by atoms with Crippen molar-refractivity contribution in [3.63, 3.8) is 0 Å².